The molecule has 3 aliphatic heterocycles. The maximum Gasteiger partial charge on any atom is 0.227 e. The monoisotopic (exact) mass is 401 g/mol. The zero-order chi connectivity index (χ0) is 20.2. The van der Waals surface area contributed by atoms with Crippen molar-refractivity contribution in [1.82, 2.24) is 19.8 Å². The fourth-order valence-corrected chi connectivity index (χ4v) is 5.00. The summed E-state index contributed by atoms with van der Waals surface area (Å²) in [5, 5.41) is 0. The molecule has 7 heteroatoms. The summed E-state index contributed by atoms with van der Waals surface area (Å²) in [6, 6.07) is 2.73. The van der Waals surface area contributed by atoms with Crippen LogP contribution in [0, 0.1) is 12.8 Å². The first-order valence-corrected chi connectivity index (χ1v) is 11.3. The Morgan fingerprint density at radius 3 is 2.59 bits per heavy atom. The van der Waals surface area contributed by atoms with E-state index in [1.807, 2.05) is 11.8 Å². The number of aromatic nitrogens is 2. The van der Waals surface area contributed by atoms with E-state index < -0.39 is 0 Å². The fraction of sp³-hybridized carbons (Fsp3) is 0.773. The predicted molar refractivity (Wildman–Crippen MR) is 113 cm³/mol. The number of rotatable bonds is 4. The molecule has 160 valence electrons. The van der Waals surface area contributed by atoms with Crippen LogP contribution in [0.1, 0.15) is 44.1 Å². The molecule has 0 aromatic carbocycles. The van der Waals surface area contributed by atoms with Crippen molar-refractivity contribution in [1.29, 1.82) is 0 Å². The Kier molecular flexibility index (Phi) is 6.65. The van der Waals surface area contributed by atoms with Gasteiger partial charge in [-0.2, -0.15) is 0 Å². The summed E-state index contributed by atoms with van der Waals surface area (Å²) in [7, 11) is 0. The van der Waals surface area contributed by atoms with Gasteiger partial charge in [0.15, 0.2) is 0 Å². The lowest BCUT2D eigenvalue weighted by atomic mass is 9.92. The standard InChI is InChI=1S/C22H35N5O2/c1-3-19-15-21(24-17(2)23-19)25-9-6-20(7-10-25)27-8-4-5-18(16-27)22(28)26-11-13-29-14-12-26/h15,18,20H,3-14,16H2,1-2H3/t18-/m1/s1. The molecular weight excluding hydrogens is 366 g/mol. The van der Waals surface area contributed by atoms with Crippen molar-refractivity contribution in [3.63, 3.8) is 0 Å². The third-order valence-electron chi connectivity index (χ3n) is 6.67. The van der Waals surface area contributed by atoms with Gasteiger partial charge in [-0.1, -0.05) is 6.92 Å². The van der Waals surface area contributed by atoms with E-state index in [4.69, 9.17) is 4.74 Å². The largest absolute Gasteiger partial charge is 0.378 e. The van der Waals surface area contributed by atoms with E-state index in [2.05, 4.69) is 32.8 Å². The Balaban J connectivity index is 1.32. The quantitative estimate of drug-likeness (QED) is 0.768. The van der Waals surface area contributed by atoms with Crippen LogP contribution < -0.4 is 4.90 Å². The Morgan fingerprint density at radius 2 is 1.86 bits per heavy atom. The van der Waals surface area contributed by atoms with Crippen molar-refractivity contribution >= 4 is 11.7 Å². The molecule has 7 nitrogen and oxygen atoms in total. The molecule has 3 fully saturated rings. The van der Waals surface area contributed by atoms with Crippen LogP contribution in [0.5, 0.6) is 0 Å². The minimum Gasteiger partial charge on any atom is -0.378 e. The van der Waals surface area contributed by atoms with Gasteiger partial charge in [-0.15, -0.1) is 0 Å². The number of aryl methyl sites for hydroxylation is 2. The first-order valence-electron chi connectivity index (χ1n) is 11.3. The van der Waals surface area contributed by atoms with E-state index in [9.17, 15) is 4.79 Å². The zero-order valence-electron chi connectivity index (χ0n) is 18.0. The van der Waals surface area contributed by atoms with Gasteiger partial charge in [0.1, 0.15) is 11.6 Å². The van der Waals surface area contributed by atoms with E-state index in [0.29, 0.717) is 25.2 Å². The highest BCUT2D eigenvalue weighted by Crippen LogP contribution is 2.27. The van der Waals surface area contributed by atoms with Gasteiger partial charge < -0.3 is 14.5 Å². The lowest BCUT2D eigenvalue weighted by Crippen LogP contribution is -2.52. The molecule has 1 amide bonds. The average Bonchev–Trinajstić information content (AvgIpc) is 2.79. The number of anilines is 1. The van der Waals surface area contributed by atoms with Crippen molar-refractivity contribution in [3.8, 4) is 0 Å². The molecule has 0 radical (unpaired) electrons. The van der Waals surface area contributed by atoms with Crippen LogP contribution in [-0.2, 0) is 16.0 Å². The normalized spacial score (nSPS) is 24.7. The van der Waals surface area contributed by atoms with Crippen LogP contribution in [0.15, 0.2) is 6.07 Å². The van der Waals surface area contributed by atoms with Crippen molar-refractivity contribution in [2.24, 2.45) is 5.92 Å². The summed E-state index contributed by atoms with van der Waals surface area (Å²) in [6.45, 7) is 11.1. The number of carbonyl (C=O) groups excluding carboxylic acids is 1. The number of carbonyl (C=O) groups is 1. The first kappa shape index (κ1) is 20.5. The molecule has 1 aromatic rings. The maximum atomic E-state index is 12.9. The fourth-order valence-electron chi connectivity index (χ4n) is 5.00. The maximum absolute atomic E-state index is 12.9. The number of nitrogens with zero attached hydrogens (tertiary/aromatic N) is 5. The van der Waals surface area contributed by atoms with Crippen LogP contribution in [0.3, 0.4) is 0 Å². The van der Waals surface area contributed by atoms with Gasteiger partial charge in [-0.25, -0.2) is 9.97 Å². The number of hydrogen-bond acceptors (Lipinski definition) is 6. The van der Waals surface area contributed by atoms with Gasteiger partial charge in [0.2, 0.25) is 5.91 Å². The molecule has 4 heterocycles. The van der Waals surface area contributed by atoms with Gasteiger partial charge in [0.05, 0.1) is 19.1 Å². The molecule has 1 atom stereocenters. The second-order valence-electron chi connectivity index (χ2n) is 8.61. The Bertz CT molecular complexity index is 698. The number of hydrogen-bond donors (Lipinski definition) is 0. The topological polar surface area (TPSA) is 61.8 Å². The number of piperidine rings is 2. The molecule has 0 N–H and O–H groups in total. The van der Waals surface area contributed by atoms with Crippen LogP contribution in [0.25, 0.3) is 0 Å². The Hall–Kier alpha value is -1.73. The van der Waals surface area contributed by atoms with Crippen molar-refractivity contribution < 1.29 is 9.53 Å². The van der Waals surface area contributed by atoms with Gasteiger partial charge in [0, 0.05) is 50.5 Å². The van der Waals surface area contributed by atoms with E-state index in [0.717, 1.165) is 88.7 Å². The van der Waals surface area contributed by atoms with Crippen LogP contribution in [0.4, 0.5) is 5.82 Å². The van der Waals surface area contributed by atoms with Crippen molar-refractivity contribution in [3.05, 3.63) is 17.6 Å². The van der Waals surface area contributed by atoms with Crippen molar-refractivity contribution in [2.75, 3.05) is 57.4 Å². The molecular formula is C22H35N5O2. The molecule has 0 saturated carbocycles. The summed E-state index contributed by atoms with van der Waals surface area (Å²) in [5.74, 6) is 2.45. The highest BCUT2D eigenvalue weighted by Gasteiger charge is 2.34. The van der Waals surface area contributed by atoms with E-state index >= 15 is 0 Å². The molecule has 3 saturated heterocycles. The van der Waals surface area contributed by atoms with Crippen LogP contribution in [-0.4, -0.2) is 84.2 Å². The molecule has 3 aliphatic rings. The summed E-state index contributed by atoms with van der Waals surface area (Å²) in [6.07, 6.45) is 5.39. The number of amides is 1. The lowest BCUT2D eigenvalue weighted by molar-refractivity contribution is -0.141. The average molecular weight is 402 g/mol. The third-order valence-corrected chi connectivity index (χ3v) is 6.67. The lowest BCUT2D eigenvalue weighted by Gasteiger charge is -2.43. The highest BCUT2D eigenvalue weighted by molar-refractivity contribution is 5.79. The summed E-state index contributed by atoms with van der Waals surface area (Å²) < 4.78 is 5.40. The van der Waals surface area contributed by atoms with Gasteiger partial charge in [0.25, 0.3) is 0 Å². The third kappa shape index (κ3) is 4.89. The minimum absolute atomic E-state index is 0.163. The Morgan fingerprint density at radius 1 is 1.10 bits per heavy atom. The van der Waals surface area contributed by atoms with Crippen molar-refractivity contribution in [2.45, 2.75) is 52.0 Å². The van der Waals surface area contributed by atoms with E-state index in [1.165, 1.54) is 0 Å². The molecule has 29 heavy (non-hydrogen) atoms. The second-order valence-corrected chi connectivity index (χ2v) is 8.61. The number of likely N-dealkylation sites (tertiary alicyclic amines) is 1. The highest BCUT2D eigenvalue weighted by atomic mass is 16.5. The smallest absolute Gasteiger partial charge is 0.227 e. The van der Waals surface area contributed by atoms with Gasteiger partial charge in [-0.3, -0.25) is 9.69 Å². The van der Waals surface area contributed by atoms with Crippen LogP contribution >= 0.6 is 0 Å². The summed E-state index contributed by atoms with van der Waals surface area (Å²) >= 11 is 0. The first-order chi connectivity index (χ1) is 14.1. The number of ether oxygens (including phenoxy) is 1. The van der Waals surface area contributed by atoms with Crippen LogP contribution in [0.2, 0.25) is 0 Å². The van der Waals surface area contributed by atoms with E-state index in [1.54, 1.807) is 0 Å². The SMILES string of the molecule is CCc1cc(N2CCC(N3CCC[C@@H](C(=O)N4CCOCC4)C3)CC2)nc(C)n1. The molecule has 4 rings (SSSR count). The predicted octanol–water partition coefficient (Wildman–Crippen LogP) is 1.89. The summed E-state index contributed by atoms with van der Waals surface area (Å²) in [4.78, 5) is 29.1. The molecule has 0 spiro atoms. The molecule has 0 bridgehead atoms. The summed E-state index contributed by atoms with van der Waals surface area (Å²) in [5.41, 5.74) is 1.12. The second kappa shape index (κ2) is 9.39. The molecule has 1 aromatic heterocycles. The van der Waals surface area contributed by atoms with E-state index in [-0.39, 0.29) is 5.92 Å². The molecule has 0 unspecified atom stereocenters. The number of morpholine rings is 1. The Labute approximate surface area is 174 Å². The molecule has 0 aliphatic carbocycles. The zero-order valence-corrected chi connectivity index (χ0v) is 18.0. The minimum atomic E-state index is 0.163. The van der Waals surface area contributed by atoms with Gasteiger partial charge >= 0.3 is 0 Å². The van der Waals surface area contributed by atoms with Gasteiger partial charge in [-0.05, 0) is 45.6 Å².